The van der Waals surface area contributed by atoms with Crippen LogP contribution in [0.2, 0.25) is 0 Å². The maximum Gasteiger partial charge on any atom is 0.339 e. The molecule has 0 bridgehead atoms. The molecule has 2 aromatic rings. The number of carbonyl (C=O) groups excluding carboxylic acids is 1. The van der Waals surface area contributed by atoms with Crippen LogP contribution in [0.25, 0.3) is 11.0 Å². The summed E-state index contributed by atoms with van der Waals surface area (Å²) in [5, 5.41) is 12.4. The lowest BCUT2D eigenvalue weighted by Gasteiger charge is -2.22. The van der Waals surface area contributed by atoms with Crippen LogP contribution >= 0.6 is 0 Å². The molecule has 7 nitrogen and oxygen atoms in total. The van der Waals surface area contributed by atoms with Crippen LogP contribution in [-0.4, -0.2) is 29.1 Å². The van der Waals surface area contributed by atoms with Crippen molar-refractivity contribution in [1.29, 1.82) is 0 Å². The second kappa shape index (κ2) is 7.82. The molecule has 146 valence electrons. The Morgan fingerprint density at radius 2 is 1.74 bits per heavy atom. The topological polar surface area (TPSA) is 106 Å². The van der Waals surface area contributed by atoms with E-state index in [2.05, 4.69) is 5.32 Å². The molecule has 0 fully saturated rings. The summed E-state index contributed by atoms with van der Waals surface area (Å²) in [6, 6.07) is 2.50. The Balaban J connectivity index is 2.37. The number of carboxylic acids is 1. The molecule has 1 aromatic heterocycles. The van der Waals surface area contributed by atoms with E-state index in [9.17, 15) is 19.5 Å². The molecule has 7 heteroatoms. The number of hydrogen-bond acceptors (Lipinski definition) is 5. The number of amides is 1. The summed E-state index contributed by atoms with van der Waals surface area (Å²) >= 11 is 0. The number of carbonyl (C=O) groups is 2. The van der Waals surface area contributed by atoms with Crippen LogP contribution in [0.15, 0.2) is 21.3 Å². The second-order valence-corrected chi connectivity index (χ2v) is 7.10. The number of rotatable bonds is 6. The Morgan fingerprint density at radius 1 is 1.11 bits per heavy atom. The van der Waals surface area contributed by atoms with E-state index in [0.29, 0.717) is 22.3 Å². The van der Waals surface area contributed by atoms with Gasteiger partial charge in [0.05, 0.1) is 5.39 Å². The molecule has 1 unspecified atom stereocenters. The molecule has 0 saturated carbocycles. The lowest BCUT2D eigenvalue weighted by molar-refractivity contribution is -0.144. The van der Waals surface area contributed by atoms with Crippen LogP contribution in [0.1, 0.15) is 37.5 Å². The standard InChI is InChI=1S/C20H25NO6/c1-9(2)17(19(23)24)21-18(22)13(6)26-14-7-10(3)8-15-16(14)11(4)12(5)20(25)27-15/h7-9,13,17H,1-6H3,(H,21,22)(H,23,24)/t13?,17-/m1/s1. The molecule has 1 aromatic carbocycles. The first-order chi connectivity index (χ1) is 12.5. The van der Waals surface area contributed by atoms with Gasteiger partial charge in [-0.25, -0.2) is 9.59 Å². The van der Waals surface area contributed by atoms with E-state index in [0.717, 1.165) is 11.1 Å². The highest BCUT2D eigenvalue weighted by atomic mass is 16.5. The van der Waals surface area contributed by atoms with E-state index in [1.807, 2.05) is 6.92 Å². The number of hydrogen-bond donors (Lipinski definition) is 2. The van der Waals surface area contributed by atoms with Crippen LogP contribution < -0.4 is 15.7 Å². The Kier molecular flexibility index (Phi) is 5.93. The Morgan fingerprint density at radius 3 is 2.30 bits per heavy atom. The summed E-state index contributed by atoms with van der Waals surface area (Å²) in [7, 11) is 0. The molecule has 1 heterocycles. The van der Waals surface area contributed by atoms with E-state index in [4.69, 9.17) is 9.15 Å². The number of nitrogens with one attached hydrogen (secondary N) is 1. The van der Waals surface area contributed by atoms with Crippen LogP contribution in [0, 0.1) is 26.7 Å². The fourth-order valence-electron chi connectivity index (χ4n) is 2.81. The first kappa shape index (κ1) is 20.5. The van der Waals surface area contributed by atoms with Crippen molar-refractivity contribution in [3.05, 3.63) is 39.2 Å². The number of ether oxygens (including phenoxy) is 1. The molecular formula is C20H25NO6. The summed E-state index contributed by atoms with van der Waals surface area (Å²) in [4.78, 5) is 35.6. The molecule has 0 aliphatic heterocycles. The summed E-state index contributed by atoms with van der Waals surface area (Å²) in [5.74, 6) is -1.48. The average Bonchev–Trinajstić information content (AvgIpc) is 2.56. The van der Waals surface area contributed by atoms with Crippen molar-refractivity contribution >= 4 is 22.8 Å². The third-order valence-corrected chi connectivity index (χ3v) is 4.56. The number of aliphatic carboxylic acids is 1. The summed E-state index contributed by atoms with van der Waals surface area (Å²) in [6.07, 6.45) is -0.928. The minimum atomic E-state index is -1.10. The monoisotopic (exact) mass is 375 g/mol. The predicted octanol–water partition coefficient (Wildman–Crippen LogP) is 2.71. The van der Waals surface area contributed by atoms with Gasteiger partial charge in [-0.2, -0.15) is 0 Å². The molecule has 0 spiro atoms. The third-order valence-electron chi connectivity index (χ3n) is 4.56. The zero-order chi connectivity index (χ0) is 20.5. The van der Waals surface area contributed by atoms with Crippen LogP contribution in [-0.2, 0) is 9.59 Å². The van der Waals surface area contributed by atoms with Crippen molar-refractivity contribution < 1.29 is 23.8 Å². The lowest BCUT2D eigenvalue weighted by Crippen LogP contribution is -2.48. The van der Waals surface area contributed by atoms with Gasteiger partial charge < -0.3 is 19.6 Å². The van der Waals surface area contributed by atoms with Gasteiger partial charge >= 0.3 is 11.6 Å². The van der Waals surface area contributed by atoms with E-state index in [1.54, 1.807) is 46.8 Å². The molecule has 1 amide bonds. The average molecular weight is 375 g/mol. The molecule has 0 aliphatic rings. The van der Waals surface area contributed by atoms with Gasteiger partial charge in [0.15, 0.2) is 6.10 Å². The number of aryl methyl sites for hydroxylation is 2. The minimum absolute atomic E-state index is 0.266. The lowest BCUT2D eigenvalue weighted by atomic mass is 10.0. The fraction of sp³-hybridized carbons (Fsp3) is 0.450. The third kappa shape index (κ3) is 4.30. The molecule has 2 atom stereocenters. The van der Waals surface area contributed by atoms with Gasteiger partial charge in [0.2, 0.25) is 0 Å². The molecular weight excluding hydrogens is 350 g/mol. The summed E-state index contributed by atoms with van der Waals surface area (Å²) in [6.45, 7) is 10.3. The van der Waals surface area contributed by atoms with Gasteiger partial charge in [0.25, 0.3) is 5.91 Å². The van der Waals surface area contributed by atoms with Crippen LogP contribution in [0.3, 0.4) is 0 Å². The quantitative estimate of drug-likeness (QED) is 0.752. The van der Waals surface area contributed by atoms with Crippen molar-refractivity contribution in [3.63, 3.8) is 0 Å². The van der Waals surface area contributed by atoms with E-state index in [-0.39, 0.29) is 5.92 Å². The number of carboxylic acid groups (broad SMARTS) is 1. The maximum absolute atomic E-state index is 12.4. The normalized spacial score (nSPS) is 13.4. The zero-order valence-corrected chi connectivity index (χ0v) is 16.4. The highest BCUT2D eigenvalue weighted by molar-refractivity contribution is 5.90. The van der Waals surface area contributed by atoms with Crippen molar-refractivity contribution in [1.82, 2.24) is 5.32 Å². The summed E-state index contributed by atoms with van der Waals surface area (Å²) < 4.78 is 11.2. The van der Waals surface area contributed by atoms with Gasteiger partial charge in [0, 0.05) is 5.56 Å². The smallest absolute Gasteiger partial charge is 0.339 e. The van der Waals surface area contributed by atoms with Gasteiger partial charge in [0.1, 0.15) is 17.4 Å². The maximum atomic E-state index is 12.4. The molecule has 0 radical (unpaired) electrons. The van der Waals surface area contributed by atoms with Crippen molar-refractivity contribution in [2.45, 2.75) is 53.7 Å². The SMILES string of the molecule is Cc1cc(OC(C)C(=O)N[C@@H](C(=O)O)C(C)C)c2c(C)c(C)c(=O)oc2c1. The minimum Gasteiger partial charge on any atom is -0.480 e. The Labute approximate surface area is 157 Å². The van der Waals surface area contributed by atoms with Gasteiger partial charge in [-0.05, 0) is 56.9 Å². The molecule has 2 rings (SSSR count). The van der Waals surface area contributed by atoms with Gasteiger partial charge in [-0.3, -0.25) is 4.79 Å². The van der Waals surface area contributed by atoms with Crippen LogP contribution in [0.5, 0.6) is 5.75 Å². The fourth-order valence-corrected chi connectivity index (χ4v) is 2.81. The van der Waals surface area contributed by atoms with Crippen molar-refractivity contribution in [2.75, 3.05) is 0 Å². The molecule has 0 saturated heterocycles. The number of fused-ring (bicyclic) bond motifs is 1. The van der Waals surface area contributed by atoms with E-state index in [1.165, 1.54) is 0 Å². The Hall–Kier alpha value is -2.83. The highest BCUT2D eigenvalue weighted by Crippen LogP contribution is 2.31. The second-order valence-electron chi connectivity index (χ2n) is 7.10. The van der Waals surface area contributed by atoms with E-state index < -0.39 is 29.6 Å². The van der Waals surface area contributed by atoms with E-state index >= 15 is 0 Å². The molecule has 0 aliphatic carbocycles. The Bertz CT molecular complexity index is 944. The van der Waals surface area contributed by atoms with Crippen molar-refractivity contribution in [3.8, 4) is 5.75 Å². The van der Waals surface area contributed by atoms with Gasteiger partial charge in [-0.1, -0.05) is 13.8 Å². The first-order valence-electron chi connectivity index (χ1n) is 8.77. The van der Waals surface area contributed by atoms with Crippen molar-refractivity contribution in [2.24, 2.45) is 5.92 Å². The number of benzene rings is 1. The highest BCUT2D eigenvalue weighted by Gasteiger charge is 2.27. The largest absolute Gasteiger partial charge is 0.480 e. The zero-order valence-electron chi connectivity index (χ0n) is 16.4. The molecule has 27 heavy (non-hydrogen) atoms. The predicted molar refractivity (Wildman–Crippen MR) is 101 cm³/mol. The van der Waals surface area contributed by atoms with Crippen LogP contribution in [0.4, 0.5) is 0 Å². The molecule has 2 N–H and O–H groups in total. The first-order valence-corrected chi connectivity index (χ1v) is 8.77. The van der Waals surface area contributed by atoms with Gasteiger partial charge in [-0.15, -0.1) is 0 Å². The summed E-state index contributed by atoms with van der Waals surface area (Å²) in [5.41, 5.74) is 1.97.